The molecule has 0 aliphatic rings. The fourth-order valence-electron chi connectivity index (χ4n) is 2.62. The standard InChI is InChI=1S/C16H17N5O2/c1-9(22)11-5-2-10(3-6-11)4-7-12-8-21(18)14-13(12)15(23)20-16(17)19-14/h2-3,5-6,8H,4,7,18H2,1H3,(H3,17,19,20,23). The minimum Gasteiger partial charge on any atom is -0.369 e. The Morgan fingerprint density at radius 3 is 2.61 bits per heavy atom. The maximum Gasteiger partial charge on any atom is 0.262 e. The number of rotatable bonds is 4. The van der Waals surface area contributed by atoms with Crippen molar-refractivity contribution >= 4 is 22.8 Å². The van der Waals surface area contributed by atoms with Gasteiger partial charge in [-0.25, -0.2) is 0 Å². The summed E-state index contributed by atoms with van der Waals surface area (Å²) in [5.41, 5.74) is 8.19. The van der Waals surface area contributed by atoms with Crippen LogP contribution in [0.3, 0.4) is 0 Å². The minimum atomic E-state index is -0.293. The number of aromatic amines is 1. The number of H-pyrrole nitrogens is 1. The van der Waals surface area contributed by atoms with Gasteiger partial charge in [-0.2, -0.15) is 4.98 Å². The highest BCUT2D eigenvalue weighted by Gasteiger charge is 2.13. The molecule has 5 N–H and O–H groups in total. The summed E-state index contributed by atoms with van der Waals surface area (Å²) >= 11 is 0. The van der Waals surface area contributed by atoms with E-state index in [2.05, 4.69) is 9.97 Å². The van der Waals surface area contributed by atoms with Gasteiger partial charge in [-0.1, -0.05) is 24.3 Å². The summed E-state index contributed by atoms with van der Waals surface area (Å²) in [6.45, 7) is 1.54. The van der Waals surface area contributed by atoms with Gasteiger partial charge in [-0.3, -0.25) is 19.2 Å². The molecular weight excluding hydrogens is 294 g/mol. The summed E-state index contributed by atoms with van der Waals surface area (Å²) < 4.78 is 1.31. The summed E-state index contributed by atoms with van der Waals surface area (Å²) in [5.74, 6) is 5.93. The number of benzene rings is 1. The van der Waals surface area contributed by atoms with E-state index in [-0.39, 0.29) is 17.3 Å². The van der Waals surface area contributed by atoms with E-state index >= 15 is 0 Å². The SMILES string of the molecule is CC(=O)c1ccc(CCc2cn(N)c3nc(N)[nH]c(=O)c23)cc1. The van der Waals surface area contributed by atoms with Crippen LogP contribution in [0.25, 0.3) is 11.0 Å². The number of hydrogen-bond donors (Lipinski definition) is 3. The van der Waals surface area contributed by atoms with Crippen LogP contribution in [-0.4, -0.2) is 20.4 Å². The third kappa shape index (κ3) is 2.80. The molecule has 0 spiro atoms. The highest BCUT2D eigenvalue weighted by Crippen LogP contribution is 2.17. The van der Waals surface area contributed by atoms with Gasteiger partial charge < -0.3 is 11.6 Å². The minimum absolute atomic E-state index is 0.0398. The number of hydrogen-bond acceptors (Lipinski definition) is 5. The molecule has 23 heavy (non-hydrogen) atoms. The van der Waals surface area contributed by atoms with E-state index in [4.69, 9.17) is 11.6 Å². The predicted octanol–water partition coefficient (Wildman–Crippen LogP) is 1.01. The van der Waals surface area contributed by atoms with Gasteiger partial charge in [0.1, 0.15) is 0 Å². The van der Waals surface area contributed by atoms with E-state index in [9.17, 15) is 9.59 Å². The molecule has 0 atom stereocenters. The van der Waals surface area contributed by atoms with Crippen molar-refractivity contribution in [2.45, 2.75) is 19.8 Å². The van der Waals surface area contributed by atoms with Crippen molar-refractivity contribution in [1.29, 1.82) is 0 Å². The predicted molar refractivity (Wildman–Crippen MR) is 88.8 cm³/mol. The Balaban J connectivity index is 1.87. The largest absolute Gasteiger partial charge is 0.369 e. The van der Waals surface area contributed by atoms with Gasteiger partial charge in [-0.05, 0) is 30.9 Å². The molecule has 0 radical (unpaired) electrons. The highest BCUT2D eigenvalue weighted by molar-refractivity contribution is 5.94. The Morgan fingerprint density at radius 2 is 1.96 bits per heavy atom. The maximum atomic E-state index is 12.1. The molecule has 0 aliphatic heterocycles. The van der Waals surface area contributed by atoms with Crippen molar-refractivity contribution in [3.63, 3.8) is 0 Å². The van der Waals surface area contributed by atoms with Crippen molar-refractivity contribution in [2.24, 2.45) is 0 Å². The summed E-state index contributed by atoms with van der Waals surface area (Å²) in [7, 11) is 0. The summed E-state index contributed by atoms with van der Waals surface area (Å²) in [6.07, 6.45) is 3.05. The molecule has 0 aliphatic carbocycles. The van der Waals surface area contributed by atoms with Crippen molar-refractivity contribution in [3.05, 3.63) is 57.5 Å². The molecule has 2 aromatic heterocycles. The van der Waals surface area contributed by atoms with E-state index in [0.717, 1.165) is 17.5 Å². The molecule has 0 unspecified atom stereocenters. The van der Waals surface area contributed by atoms with Crippen LogP contribution in [0.15, 0.2) is 35.3 Å². The number of nitrogens with zero attached hydrogens (tertiary/aromatic N) is 2. The van der Waals surface area contributed by atoms with Crippen LogP contribution in [0, 0.1) is 0 Å². The van der Waals surface area contributed by atoms with Crippen LogP contribution in [0.2, 0.25) is 0 Å². The Morgan fingerprint density at radius 1 is 1.26 bits per heavy atom. The molecule has 0 fully saturated rings. The molecule has 2 heterocycles. The molecule has 1 aromatic carbocycles. The Labute approximate surface area is 131 Å². The Hall–Kier alpha value is -3.09. The van der Waals surface area contributed by atoms with Crippen LogP contribution in [-0.2, 0) is 12.8 Å². The number of nitrogens with one attached hydrogen (secondary N) is 1. The van der Waals surface area contributed by atoms with Crippen LogP contribution in [0.4, 0.5) is 5.95 Å². The van der Waals surface area contributed by atoms with Gasteiger partial charge in [0.05, 0.1) is 5.39 Å². The third-order valence-corrected chi connectivity index (χ3v) is 3.82. The number of carbonyl (C=O) groups is 1. The zero-order valence-electron chi connectivity index (χ0n) is 12.7. The average Bonchev–Trinajstić information content (AvgIpc) is 2.82. The monoisotopic (exact) mass is 311 g/mol. The lowest BCUT2D eigenvalue weighted by molar-refractivity contribution is 0.101. The fourth-order valence-corrected chi connectivity index (χ4v) is 2.62. The van der Waals surface area contributed by atoms with Gasteiger partial charge in [-0.15, -0.1) is 0 Å². The van der Waals surface area contributed by atoms with Gasteiger partial charge in [0.2, 0.25) is 5.95 Å². The summed E-state index contributed by atoms with van der Waals surface area (Å²) in [6, 6.07) is 7.44. The van der Waals surface area contributed by atoms with Gasteiger partial charge in [0.25, 0.3) is 5.56 Å². The number of carbonyl (C=O) groups excluding carboxylic acids is 1. The smallest absolute Gasteiger partial charge is 0.262 e. The first-order chi connectivity index (χ1) is 11.0. The first kappa shape index (κ1) is 14.8. The maximum absolute atomic E-state index is 12.1. The topological polar surface area (TPSA) is 120 Å². The molecule has 0 saturated carbocycles. The second-order valence-corrected chi connectivity index (χ2v) is 5.46. The van der Waals surface area contributed by atoms with E-state index in [1.807, 2.05) is 12.1 Å². The average molecular weight is 311 g/mol. The first-order valence-corrected chi connectivity index (χ1v) is 7.20. The number of fused-ring (bicyclic) bond motifs is 1. The lowest BCUT2D eigenvalue weighted by Crippen LogP contribution is -2.14. The Bertz CT molecular complexity index is 937. The number of nitrogens with two attached hydrogens (primary N) is 2. The second kappa shape index (κ2) is 5.60. The highest BCUT2D eigenvalue weighted by atomic mass is 16.1. The fraction of sp³-hybridized carbons (Fsp3) is 0.188. The van der Waals surface area contributed by atoms with E-state index in [1.54, 1.807) is 18.3 Å². The number of nitrogen functional groups attached to an aromatic ring is 2. The molecule has 3 rings (SSSR count). The molecule has 7 nitrogen and oxygen atoms in total. The van der Waals surface area contributed by atoms with Crippen LogP contribution in [0.1, 0.15) is 28.4 Å². The van der Waals surface area contributed by atoms with E-state index < -0.39 is 0 Å². The molecule has 0 saturated heterocycles. The number of anilines is 1. The molecular formula is C16H17N5O2. The van der Waals surface area contributed by atoms with Crippen LogP contribution >= 0.6 is 0 Å². The van der Waals surface area contributed by atoms with Gasteiger partial charge >= 0.3 is 0 Å². The van der Waals surface area contributed by atoms with Crippen molar-refractivity contribution < 1.29 is 4.79 Å². The van der Waals surface area contributed by atoms with Gasteiger partial charge in [0, 0.05) is 11.8 Å². The normalized spacial score (nSPS) is 11.0. The zero-order valence-corrected chi connectivity index (χ0v) is 12.7. The van der Waals surface area contributed by atoms with Crippen molar-refractivity contribution in [2.75, 3.05) is 11.6 Å². The molecule has 118 valence electrons. The van der Waals surface area contributed by atoms with Crippen LogP contribution in [0.5, 0.6) is 0 Å². The number of ketones is 1. The second-order valence-electron chi connectivity index (χ2n) is 5.46. The molecule has 3 aromatic rings. The zero-order chi connectivity index (χ0) is 16.6. The van der Waals surface area contributed by atoms with Crippen molar-refractivity contribution in [3.8, 4) is 0 Å². The lowest BCUT2D eigenvalue weighted by atomic mass is 10.0. The van der Waals surface area contributed by atoms with Gasteiger partial charge in [0.15, 0.2) is 11.4 Å². The van der Waals surface area contributed by atoms with E-state index in [1.165, 1.54) is 11.6 Å². The van der Waals surface area contributed by atoms with Crippen LogP contribution < -0.4 is 17.1 Å². The third-order valence-electron chi connectivity index (χ3n) is 3.82. The number of aryl methyl sites for hydroxylation is 2. The van der Waals surface area contributed by atoms with Crippen molar-refractivity contribution in [1.82, 2.24) is 14.6 Å². The Kier molecular flexibility index (Phi) is 3.61. The first-order valence-electron chi connectivity index (χ1n) is 7.20. The quantitative estimate of drug-likeness (QED) is 0.490. The summed E-state index contributed by atoms with van der Waals surface area (Å²) in [5, 5.41) is 0.460. The molecule has 7 heteroatoms. The summed E-state index contributed by atoms with van der Waals surface area (Å²) in [4.78, 5) is 29.9. The number of Topliss-reactive ketones (excluding diaryl/α,β-unsaturated/α-hetero) is 1. The number of aromatic nitrogens is 3. The van der Waals surface area contributed by atoms with E-state index in [0.29, 0.717) is 23.0 Å². The molecule has 0 bridgehead atoms. The lowest BCUT2D eigenvalue weighted by Gasteiger charge is -2.02. The molecule has 0 amide bonds.